The van der Waals surface area contributed by atoms with E-state index >= 15 is 0 Å². The van der Waals surface area contributed by atoms with Crippen LogP contribution in [-0.2, 0) is 11.3 Å². The van der Waals surface area contributed by atoms with Gasteiger partial charge in [-0.2, -0.15) is 0 Å². The van der Waals surface area contributed by atoms with Crippen LogP contribution in [0.2, 0.25) is 0 Å². The van der Waals surface area contributed by atoms with E-state index in [1.807, 2.05) is 12.1 Å². The van der Waals surface area contributed by atoms with Crippen LogP contribution in [0.5, 0.6) is 0 Å². The Morgan fingerprint density at radius 2 is 1.80 bits per heavy atom. The van der Waals surface area contributed by atoms with Crippen molar-refractivity contribution >= 4 is 5.69 Å². The van der Waals surface area contributed by atoms with E-state index in [2.05, 4.69) is 45.1 Å². The largest absolute Gasteiger partial charge is 0.383 e. The molecule has 84 valence electrons. The topological polar surface area (TPSA) is 21.3 Å². The Bertz CT molecular complexity index is 294. The van der Waals surface area contributed by atoms with Crippen molar-refractivity contribution in [3.63, 3.8) is 0 Å². The highest BCUT2D eigenvalue weighted by atomic mass is 16.5. The summed E-state index contributed by atoms with van der Waals surface area (Å²) in [4.78, 5) is 0. The number of benzene rings is 1. The van der Waals surface area contributed by atoms with Crippen LogP contribution < -0.4 is 5.32 Å². The van der Waals surface area contributed by atoms with Crippen LogP contribution in [0.1, 0.15) is 33.3 Å². The fraction of sp³-hybridized carbons (Fsp3) is 0.538. The van der Waals surface area contributed by atoms with Gasteiger partial charge in [0.1, 0.15) is 0 Å². The van der Waals surface area contributed by atoms with Crippen LogP contribution in [-0.4, -0.2) is 12.1 Å². The Kier molecular flexibility index (Phi) is 4.63. The zero-order valence-electron chi connectivity index (χ0n) is 10.1. The Morgan fingerprint density at radius 3 is 2.40 bits per heavy atom. The van der Waals surface area contributed by atoms with E-state index in [1.54, 1.807) is 0 Å². The molecule has 2 nitrogen and oxygen atoms in total. The summed E-state index contributed by atoms with van der Waals surface area (Å²) >= 11 is 0. The molecule has 0 aliphatic carbocycles. The van der Waals surface area contributed by atoms with Gasteiger partial charge in [0.25, 0.3) is 0 Å². The van der Waals surface area contributed by atoms with E-state index in [0.29, 0.717) is 12.6 Å². The molecule has 0 amide bonds. The van der Waals surface area contributed by atoms with Gasteiger partial charge in [-0.05, 0) is 33.8 Å². The molecule has 0 bridgehead atoms. The van der Waals surface area contributed by atoms with Gasteiger partial charge in [-0.3, -0.25) is 0 Å². The van der Waals surface area contributed by atoms with Gasteiger partial charge in [-0.25, -0.2) is 0 Å². The molecular weight excluding hydrogens is 186 g/mol. The summed E-state index contributed by atoms with van der Waals surface area (Å²) in [6, 6.07) is 8.74. The first kappa shape index (κ1) is 12.1. The zero-order valence-corrected chi connectivity index (χ0v) is 10.1. The minimum absolute atomic E-state index is 0.275. The van der Waals surface area contributed by atoms with E-state index in [-0.39, 0.29) is 6.10 Å². The zero-order chi connectivity index (χ0) is 11.3. The average molecular weight is 207 g/mol. The number of para-hydroxylation sites is 1. The number of anilines is 1. The second kappa shape index (κ2) is 5.76. The van der Waals surface area contributed by atoms with E-state index in [1.165, 1.54) is 11.3 Å². The summed E-state index contributed by atoms with van der Waals surface area (Å²) in [6.45, 7) is 9.06. The van der Waals surface area contributed by atoms with Crippen molar-refractivity contribution < 1.29 is 4.74 Å². The number of ether oxygens (including phenoxy) is 1. The number of rotatable bonds is 5. The molecule has 0 spiro atoms. The van der Waals surface area contributed by atoms with Gasteiger partial charge in [0, 0.05) is 17.3 Å². The van der Waals surface area contributed by atoms with Gasteiger partial charge in [0.2, 0.25) is 0 Å². The first-order valence-electron chi connectivity index (χ1n) is 5.55. The molecule has 0 unspecified atom stereocenters. The van der Waals surface area contributed by atoms with Crippen LogP contribution in [0.25, 0.3) is 0 Å². The quantitative estimate of drug-likeness (QED) is 0.798. The van der Waals surface area contributed by atoms with Gasteiger partial charge in [0.05, 0.1) is 12.7 Å². The van der Waals surface area contributed by atoms with Crippen molar-refractivity contribution in [2.75, 3.05) is 5.32 Å². The van der Waals surface area contributed by atoms with E-state index in [4.69, 9.17) is 4.74 Å². The minimum Gasteiger partial charge on any atom is -0.383 e. The van der Waals surface area contributed by atoms with Crippen molar-refractivity contribution in [3.05, 3.63) is 29.8 Å². The Morgan fingerprint density at radius 1 is 1.13 bits per heavy atom. The van der Waals surface area contributed by atoms with E-state index in [0.717, 1.165) is 0 Å². The fourth-order valence-corrected chi connectivity index (χ4v) is 1.35. The molecule has 0 saturated carbocycles. The van der Waals surface area contributed by atoms with Crippen molar-refractivity contribution in [2.24, 2.45) is 0 Å². The second-order valence-electron chi connectivity index (χ2n) is 4.32. The van der Waals surface area contributed by atoms with Gasteiger partial charge >= 0.3 is 0 Å². The van der Waals surface area contributed by atoms with Gasteiger partial charge < -0.3 is 10.1 Å². The molecule has 1 N–H and O–H groups in total. The third-order valence-electron chi connectivity index (χ3n) is 2.03. The van der Waals surface area contributed by atoms with Crippen LogP contribution in [0.4, 0.5) is 5.69 Å². The molecular formula is C13H21NO. The predicted octanol–water partition coefficient (Wildman–Crippen LogP) is 3.43. The SMILES string of the molecule is CC(C)Nc1ccccc1COC(C)C. The van der Waals surface area contributed by atoms with Crippen LogP contribution in [0, 0.1) is 0 Å². The third-order valence-corrected chi connectivity index (χ3v) is 2.03. The summed E-state index contributed by atoms with van der Waals surface area (Å²) in [5, 5.41) is 3.42. The summed E-state index contributed by atoms with van der Waals surface area (Å²) in [6.07, 6.45) is 0.275. The number of hydrogen-bond acceptors (Lipinski definition) is 2. The average Bonchev–Trinajstić information content (AvgIpc) is 2.15. The smallest absolute Gasteiger partial charge is 0.0740 e. The maximum atomic E-state index is 5.61. The van der Waals surface area contributed by atoms with Gasteiger partial charge in [-0.1, -0.05) is 18.2 Å². The molecule has 0 aromatic heterocycles. The monoisotopic (exact) mass is 207 g/mol. The molecule has 0 saturated heterocycles. The van der Waals surface area contributed by atoms with Crippen molar-refractivity contribution in [1.82, 2.24) is 0 Å². The first-order chi connectivity index (χ1) is 7.09. The summed E-state index contributed by atoms with van der Waals surface area (Å²) in [7, 11) is 0. The molecule has 0 radical (unpaired) electrons. The number of hydrogen-bond donors (Lipinski definition) is 1. The fourth-order valence-electron chi connectivity index (χ4n) is 1.35. The lowest BCUT2D eigenvalue weighted by atomic mass is 10.1. The Hall–Kier alpha value is -1.02. The van der Waals surface area contributed by atoms with Gasteiger partial charge in [0.15, 0.2) is 0 Å². The molecule has 0 aliphatic heterocycles. The minimum atomic E-state index is 0.275. The summed E-state index contributed by atoms with van der Waals surface area (Å²) in [5.41, 5.74) is 2.40. The normalized spacial score (nSPS) is 11.1. The maximum absolute atomic E-state index is 5.61. The molecule has 1 rings (SSSR count). The molecule has 15 heavy (non-hydrogen) atoms. The molecule has 0 fully saturated rings. The molecule has 0 heterocycles. The second-order valence-corrected chi connectivity index (χ2v) is 4.32. The standard InChI is InChI=1S/C13H21NO/c1-10(2)14-13-8-6-5-7-12(13)9-15-11(3)4/h5-8,10-11,14H,9H2,1-4H3. The summed E-state index contributed by atoms with van der Waals surface area (Å²) < 4.78 is 5.61. The summed E-state index contributed by atoms with van der Waals surface area (Å²) in [5.74, 6) is 0. The Labute approximate surface area is 92.6 Å². The van der Waals surface area contributed by atoms with E-state index in [9.17, 15) is 0 Å². The molecule has 2 heteroatoms. The van der Waals surface area contributed by atoms with Crippen LogP contribution in [0.15, 0.2) is 24.3 Å². The molecule has 0 aliphatic rings. The third kappa shape index (κ3) is 4.34. The highest BCUT2D eigenvalue weighted by Gasteiger charge is 2.03. The lowest BCUT2D eigenvalue weighted by Crippen LogP contribution is -2.12. The van der Waals surface area contributed by atoms with Crippen molar-refractivity contribution in [1.29, 1.82) is 0 Å². The highest BCUT2D eigenvalue weighted by molar-refractivity contribution is 5.51. The van der Waals surface area contributed by atoms with Gasteiger partial charge in [-0.15, -0.1) is 0 Å². The van der Waals surface area contributed by atoms with Crippen LogP contribution in [0.3, 0.4) is 0 Å². The molecule has 0 atom stereocenters. The maximum Gasteiger partial charge on any atom is 0.0740 e. The number of nitrogens with one attached hydrogen (secondary N) is 1. The van der Waals surface area contributed by atoms with Crippen molar-refractivity contribution in [3.8, 4) is 0 Å². The highest BCUT2D eigenvalue weighted by Crippen LogP contribution is 2.17. The lowest BCUT2D eigenvalue weighted by molar-refractivity contribution is 0.0660. The lowest BCUT2D eigenvalue weighted by Gasteiger charge is -2.15. The van der Waals surface area contributed by atoms with Crippen molar-refractivity contribution in [2.45, 2.75) is 46.4 Å². The van der Waals surface area contributed by atoms with Crippen LogP contribution >= 0.6 is 0 Å². The Balaban J connectivity index is 2.68. The first-order valence-corrected chi connectivity index (χ1v) is 5.55. The molecule has 1 aromatic rings. The van der Waals surface area contributed by atoms with E-state index < -0.39 is 0 Å². The molecule has 1 aromatic carbocycles. The predicted molar refractivity (Wildman–Crippen MR) is 65.1 cm³/mol.